The van der Waals surface area contributed by atoms with Gasteiger partial charge in [0.15, 0.2) is 0 Å². The van der Waals surface area contributed by atoms with Crippen molar-refractivity contribution in [2.45, 2.75) is 32.7 Å². The highest BCUT2D eigenvalue weighted by Gasteiger charge is 2.20. The lowest BCUT2D eigenvalue weighted by Crippen LogP contribution is -2.42. The SMILES string of the molecule is Cc1cc(C(=O)NC2CCNCC2)c(C)n1-c1ccccn1. The Bertz CT molecular complexity index is 657. The number of piperidine rings is 1. The van der Waals surface area contributed by atoms with Gasteiger partial charge in [-0.2, -0.15) is 0 Å². The molecule has 0 saturated carbocycles. The fraction of sp³-hybridized carbons (Fsp3) is 0.412. The molecule has 0 spiro atoms. The van der Waals surface area contributed by atoms with Crippen LogP contribution in [0.1, 0.15) is 34.6 Å². The first-order valence-electron chi connectivity index (χ1n) is 7.79. The maximum absolute atomic E-state index is 12.6. The predicted octanol–water partition coefficient (Wildman–Crippen LogP) is 1.97. The Morgan fingerprint density at radius 3 is 2.77 bits per heavy atom. The van der Waals surface area contributed by atoms with Crippen molar-refractivity contribution in [1.29, 1.82) is 0 Å². The first-order valence-corrected chi connectivity index (χ1v) is 7.79. The first-order chi connectivity index (χ1) is 10.7. The molecule has 5 heteroatoms. The average molecular weight is 298 g/mol. The maximum atomic E-state index is 12.6. The summed E-state index contributed by atoms with van der Waals surface area (Å²) in [5.74, 6) is 0.862. The molecule has 5 nitrogen and oxygen atoms in total. The van der Waals surface area contributed by atoms with Gasteiger partial charge in [-0.25, -0.2) is 4.98 Å². The molecule has 0 radical (unpaired) electrons. The summed E-state index contributed by atoms with van der Waals surface area (Å²) in [6, 6.07) is 8.01. The van der Waals surface area contributed by atoms with Crippen LogP contribution in [-0.2, 0) is 0 Å². The number of rotatable bonds is 3. The van der Waals surface area contributed by atoms with Crippen LogP contribution < -0.4 is 10.6 Å². The van der Waals surface area contributed by atoms with Crippen LogP contribution in [0.5, 0.6) is 0 Å². The highest BCUT2D eigenvalue weighted by atomic mass is 16.1. The third kappa shape index (κ3) is 2.90. The summed E-state index contributed by atoms with van der Waals surface area (Å²) in [4.78, 5) is 16.9. The smallest absolute Gasteiger partial charge is 0.253 e. The standard InChI is InChI=1S/C17H22N4O/c1-12-11-15(17(22)20-14-6-9-18-10-7-14)13(2)21(12)16-5-3-4-8-19-16/h3-5,8,11,14,18H,6-7,9-10H2,1-2H3,(H,20,22). The third-order valence-corrected chi connectivity index (χ3v) is 4.23. The highest BCUT2D eigenvalue weighted by Crippen LogP contribution is 2.19. The number of amides is 1. The minimum absolute atomic E-state index is 0.0159. The normalized spacial score (nSPS) is 15.7. The number of aromatic nitrogens is 2. The second kappa shape index (κ2) is 6.32. The fourth-order valence-corrected chi connectivity index (χ4v) is 3.06. The number of pyridine rings is 1. The molecule has 22 heavy (non-hydrogen) atoms. The average Bonchev–Trinajstić information content (AvgIpc) is 2.84. The summed E-state index contributed by atoms with van der Waals surface area (Å²) in [5.41, 5.74) is 2.69. The fourth-order valence-electron chi connectivity index (χ4n) is 3.06. The van der Waals surface area contributed by atoms with Gasteiger partial charge in [-0.1, -0.05) is 6.07 Å². The molecule has 3 heterocycles. The van der Waals surface area contributed by atoms with Gasteiger partial charge in [0.05, 0.1) is 5.56 Å². The molecule has 3 rings (SSSR count). The van der Waals surface area contributed by atoms with Gasteiger partial charge in [0.2, 0.25) is 0 Å². The Morgan fingerprint density at radius 2 is 2.09 bits per heavy atom. The largest absolute Gasteiger partial charge is 0.349 e. The predicted molar refractivity (Wildman–Crippen MR) is 86.4 cm³/mol. The molecular weight excluding hydrogens is 276 g/mol. The Kier molecular flexibility index (Phi) is 4.24. The van der Waals surface area contributed by atoms with E-state index in [1.54, 1.807) is 6.20 Å². The van der Waals surface area contributed by atoms with Crippen molar-refractivity contribution < 1.29 is 4.79 Å². The van der Waals surface area contributed by atoms with Gasteiger partial charge < -0.3 is 15.2 Å². The van der Waals surface area contributed by atoms with Crippen LogP contribution in [0.2, 0.25) is 0 Å². The lowest BCUT2D eigenvalue weighted by atomic mass is 10.1. The molecule has 0 aromatic carbocycles. The molecule has 0 bridgehead atoms. The van der Waals surface area contributed by atoms with Crippen LogP contribution in [0.4, 0.5) is 0 Å². The second-order valence-electron chi connectivity index (χ2n) is 5.81. The van der Waals surface area contributed by atoms with Crippen LogP contribution in [0, 0.1) is 13.8 Å². The number of carbonyl (C=O) groups excluding carboxylic acids is 1. The molecule has 2 aromatic rings. The van der Waals surface area contributed by atoms with Crippen LogP contribution in [-0.4, -0.2) is 34.6 Å². The molecule has 116 valence electrons. The summed E-state index contributed by atoms with van der Waals surface area (Å²) >= 11 is 0. The van der Waals surface area contributed by atoms with Crippen LogP contribution in [0.3, 0.4) is 0 Å². The summed E-state index contributed by atoms with van der Waals surface area (Å²) in [5, 5.41) is 6.47. The lowest BCUT2D eigenvalue weighted by Gasteiger charge is -2.23. The first kappa shape index (κ1) is 14.8. The summed E-state index contributed by atoms with van der Waals surface area (Å²) in [6.07, 6.45) is 3.75. The molecule has 0 atom stereocenters. The van der Waals surface area contributed by atoms with Crippen molar-refractivity contribution >= 4 is 5.91 Å². The van der Waals surface area contributed by atoms with Gasteiger partial charge >= 0.3 is 0 Å². The Morgan fingerprint density at radius 1 is 1.32 bits per heavy atom. The van der Waals surface area contributed by atoms with Crippen LogP contribution in [0.15, 0.2) is 30.5 Å². The zero-order chi connectivity index (χ0) is 15.5. The quantitative estimate of drug-likeness (QED) is 0.911. The molecule has 1 aliphatic heterocycles. The van der Waals surface area contributed by atoms with Crippen molar-refractivity contribution in [1.82, 2.24) is 20.2 Å². The van der Waals surface area contributed by atoms with Gasteiger partial charge in [0.25, 0.3) is 5.91 Å². The van der Waals surface area contributed by atoms with E-state index in [-0.39, 0.29) is 11.9 Å². The summed E-state index contributed by atoms with van der Waals surface area (Å²) in [7, 11) is 0. The van der Waals surface area contributed by atoms with Gasteiger partial charge in [-0.3, -0.25) is 4.79 Å². The number of nitrogens with zero attached hydrogens (tertiary/aromatic N) is 2. The van der Waals surface area contributed by atoms with Crippen molar-refractivity contribution in [3.05, 3.63) is 47.4 Å². The minimum atomic E-state index is 0.0159. The number of hydrogen-bond acceptors (Lipinski definition) is 3. The van der Waals surface area contributed by atoms with E-state index >= 15 is 0 Å². The topological polar surface area (TPSA) is 59.0 Å². The summed E-state index contributed by atoms with van der Waals surface area (Å²) < 4.78 is 2.03. The van der Waals surface area contributed by atoms with E-state index in [1.165, 1.54) is 0 Å². The Balaban J connectivity index is 1.84. The van der Waals surface area contributed by atoms with Crippen molar-refractivity contribution in [3.8, 4) is 5.82 Å². The minimum Gasteiger partial charge on any atom is -0.349 e. The number of carbonyl (C=O) groups is 1. The van der Waals surface area contributed by atoms with Crippen molar-refractivity contribution in [2.75, 3.05) is 13.1 Å². The van der Waals surface area contributed by atoms with E-state index in [0.717, 1.165) is 48.7 Å². The van der Waals surface area contributed by atoms with Crippen LogP contribution in [0.25, 0.3) is 5.82 Å². The van der Waals surface area contributed by atoms with Gasteiger partial charge in [-0.05, 0) is 58.0 Å². The molecule has 0 aliphatic carbocycles. The number of aryl methyl sites for hydroxylation is 1. The molecular formula is C17H22N4O. The van der Waals surface area contributed by atoms with Gasteiger partial charge in [-0.15, -0.1) is 0 Å². The molecule has 2 aromatic heterocycles. The monoisotopic (exact) mass is 298 g/mol. The van der Waals surface area contributed by atoms with Crippen molar-refractivity contribution in [3.63, 3.8) is 0 Å². The van der Waals surface area contributed by atoms with E-state index in [1.807, 2.05) is 42.7 Å². The zero-order valence-electron chi connectivity index (χ0n) is 13.1. The van der Waals surface area contributed by atoms with Gasteiger partial charge in [0, 0.05) is 23.6 Å². The van der Waals surface area contributed by atoms with E-state index < -0.39 is 0 Å². The van der Waals surface area contributed by atoms with E-state index in [9.17, 15) is 4.79 Å². The molecule has 1 fully saturated rings. The molecule has 0 unspecified atom stereocenters. The Labute approximate surface area is 130 Å². The lowest BCUT2D eigenvalue weighted by molar-refractivity contribution is 0.0929. The van der Waals surface area contributed by atoms with Gasteiger partial charge in [0.1, 0.15) is 5.82 Å². The number of nitrogens with one attached hydrogen (secondary N) is 2. The third-order valence-electron chi connectivity index (χ3n) is 4.23. The molecule has 2 N–H and O–H groups in total. The van der Waals surface area contributed by atoms with E-state index in [2.05, 4.69) is 15.6 Å². The van der Waals surface area contributed by atoms with Crippen molar-refractivity contribution in [2.24, 2.45) is 0 Å². The highest BCUT2D eigenvalue weighted by molar-refractivity contribution is 5.96. The zero-order valence-corrected chi connectivity index (χ0v) is 13.1. The summed E-state index contributed by atoms with van der Waals surface area (Å²) in [6.45, 7) is 5.91. The second-order valence-corrected chi connectivity index (χ2v) is 5.81. The molecule has 1 amide bonds. The molecule has 1 aliphatic rings. The Hall–Kier alpha value is -2.14. The van der Waals surface area contributed by atoms with Crippen LogP contribution >= 0.6 is 0 Å². The van der Waals surface area contributed by atoms with E-state index in [4.69, 9.17) is 0 Å². The van der Waals surface area contributed by atoms with E-state index in [0.29, 0.717) is 0 Å². The maximum Gasteiger partial charge on any atom is 0.253 e. The molecule has 1 saturated heterocycles. The number of hydrogen-bond donors (Lipinski definition) is 2.